The third-order valence-electron chi connectivity index (χ3n) is 5.78. The number of thiophene rings is 1. The average Bonchev–Trinajstić information content (AvgIpc) is 3.37. The van der Waals surface area contributed by atoms with Crippen LogP contribution in [0, 0.1) is 0 Å². The number of pyridine rings is 1. The van der Waals surface area contributed by atoms with Crippen LogP contribution in [0.5, 0.6) is 0 Å². The van der Waals surface area contributed by atoms with Gasteiger partial charge in [-0.05, 0) is 50.3 Å². The number of nitrogens with two attached hydrogens (primary N) is 1. The van der Waals surface area contributed by atoms with Gasteiger partial charge in [-0.2, -0.15) is 5.10 Å². The molecule has 4 rings (SSSR count). The zero-order chi connectivity index (χ0) is 24.4. The molecule has 1 unspecified atom stereocenters. The van der Waals surface area contributed by atoms with E-state index in [-0.39, 0.29) is 11.1 Å². The first-order valence-electron chi connectivity index (χ1n) is 10.7. The highest BCUT2D eigenvalue weighted by Crippen LogP contribution is 2.44. The molecule has 0 aromatic carbocycles. The summed E-state index contributed by atoms with van der Waals surface area (Å²) < 4.78 is 20.2. The monoisotopic (exact) mass is 498 g/mol. The lowest BCUT2D eigenvalue weighted by atomic mass is 10.0. The number of aromatic nitrogens is 3. The Morgan fingerprint density at radius 3 is 2.79 bits per heavy atom. The van der Waals surface area contributed by atoms with Crippen molar-refractivity contribution in [3.63, 3.8) is 0 Å². The second-order valence-electron chi connectivity index (χ2n) is 7.91. The molecule has 0 aliphatic heterocycles. The van der Waals surface area contributed by atoms with E-state index in [1.807, 2.05) is 26.1 Å². The van der Waals surface area contributed by atoms with Gasteiger partial charge in [0.15, 0.2) is 0 Å². The molecular formula is C23H26N6O3S2. The number of carbonyl (C=O) groups excluding carboxylic acids is 1. The van der Waals surface area contributed by atoms with Crippen molar-refractivity contribution in [2.75, 3.05) is 12.8 Å². The van der Waals surface area contributed by atoms with Crippen molar-refractivity contribution >= 4 is 56.4 Å². The summed E-state index contributed by atoms with van der Waals surface area (Å²) in [5.74, 6) is 0.248. The van der Waals surface area contributed by atoms with Gasteiger partial charge in [-0.25, -0.2) is 14.8 Å². The first-order valence-corrected chi connectivity index (χ1v) is 12.7. The normalized spacial score (nSPS) is 15.7. The molecule has 0 radical (unpaired) electrons. The number of aryl methyl sites for hydroxylation is 1. The Bertz CT molecular complexity index is 1350. The molecule has 1 aliphatic rings. The minimum Gasteiger partial charge on any atom is -0.453 e. The summed E-state index contributed by atoms with van der Waals surface area (Å²) in [7, 11) is 1.99. The smallest absolute Gasteiger partial charge is 0.412 e. The van der Waals surface area contributed by atoms with Crippen LogP contribution >= 0.6 is 11.3 Å². The molecular weight excluding hydrogens is 472 g/mol. The topological polar surface area (TPSA) is 124 Å². The van der Waals surface area contributed by atoms with Crippen molar-refractivity contribution in [2.24, 2.45) is 12.0 Å². The Kier molecular flexibility index (Phi) is 6.94. The third kappa shape index (κ3) is 4.53. The van der Waals surface area contributed by atoms with Crippen LogP contribution in [0.4, 0.5) is 10.5 Å². The van der Waals surface area contributed by atoms with Gasteiger partial charge in [0.2, 0.25) is 0 Å². The molecule has 1 atom stereocenters. The Morgan fingerprint density at radius 1 is 1.44 bits per heavy atom. The summed E-state index contributed by atoms with van der Waals surface area (Å²) in [5, 5.41) is 7.75. The zero-order valence-electron chi connectivity index (χ0n) is 19.2. The highest BCUT2D eigenvalue weighted by atomic mass is 32.2. The molecule has 3 N–H and O–H groups in total. The fourth-order valence-electron chi connectivity index (χ4n) is 3.61. The molecule has 0 bridgehead atoms. The summed E-state index contributed by atoms with van der Waals surface area (Å²) in [6.45, 7) is 5.37. The van der Waals surface area contributed by atoms with Crippen LogP contribution in [0.1, 0.15) is 31.9 Å². The third-order valence-corrected chi connectivity index (χ3v) is 9.08. The van der Waals surface area contributed by atoms with Gasteiger partial charge in [0.1, 0.15) is 14.9 Å². The molecule has 1 amide bonds. The van der Waals surface area contributed by atoms with Crippen molar-refractivity contribution in [1.29, 1.82) is 0 Å². The molecule has 0 saturated heterocycles. The molecule has 3 aromatic heterocycles. The van der Waals surface area contributed by atoms with E-state index in [0.717, 1.165) is 46.3 Å². The number of hydrogen-bond acceptors (Lipinski definition) is 8. The Balaban J connectivity index is 1.83. The summed E-state index contributed by atoms with van der Waals surface area (Å²) >= 11 is 1.39. The number of nitrogens with one attached hydrogen (secondary N) is 1. The van der Waals surface area contributed by atoms with E-state index in [1.54, 1.807) is 23.0 Å². The van der Waals surface area contributed by atoms with Crippen molar-refractivity contribution in [3.05, 3.63) is 42.0 Å². The maximum atomic E-state index is 13.1. The van der Waals surface area contributed by atoms with E-state index in [2.05, 4.69) is 26.9 Å². The summed E-state index contributed by atoms with van der Waals surface area (Å²) in [6, 6.07) is 3.87. The summed E-state index contributed by atoms with van der Waals surface area (Å²) in [4.78, 5) is 20.8. The minimum absolute atomic E-state index is 0.161. The van der Waals surface area contributed by atoms with Crippen molar-refractivity contribution < 1.29 is 13.7 Å². The number of rotatable bonds is 7. The van der Waals surface area contributed by atoms with E-state index in [0.29, 0.717) is 15.6 Å². The molecule has 1 saturated carbocycles. The number of methoxy groups -OCH3 is 1. The Morgan fingerprint density at radius 2 is 2.21 bits per heavy atom. The minimum atomic E-state index is -1.15. The van der Waals surface area contributed by atoms with Gasteiger partial charge in [0.25, 0.3) is 0 Å². The number of carbonyl (C=O) groups is 1. The Labute approximate surface area is 203 Å². The summed E-state index contributed by atoms with van der Waals surface area (Å²) in [5.41, 5.74) is 10.4. The number of alkyl carbamates (subject to hydrolysis) is 1. The number of ether oxygens (including phenoxy) is 1. The predicted molar refractivity (Wildman–Crippen MR) is 137 cm³/mol. The molecule has 3 heterocycles. The van der Waals surface area contributed by atoms with E-state index in [9.17, 15) is 9.00 Å². The number of hydrogen-bond donors (Lipinski definition) is 2. The number of allylic oxidation sites excluding steroid dienone is 3. The number of fused-ring (bicyclic) bond motifs is 1. The van der Waals surface area contributed by atoms with Crippen LogP contribution in [0.25, 0.3) is 27.0 Å². The first kappa shape index (κ1) is 23.8. The van der Waals surface area contributed by atoms with Gasteiger partial charge in [-0.1, -0.05) is 12.5 Å². The molecule has 11 heteroatoms. The number of nitrogen functional groups attached to an aromatic ring is 1. The van der Waals surface area contributed by atoms with Gasteiger partial charge in [-0.3, -0.25) is 14.2 Å². The van der Waals surface area contributed by atoms with Crippen LogP contribution < -0.4 is 11.1 Å². The van der Waals surface area contributed by atoms with E-state index >= 15 is 0 Å². The van der Waals surface area contributed by atoms with E-state index in [1.165, 1.54) is 18.4 Å². The van der Waals surface area contributed by atoms with Crippen molar-refractivity contribution in [2.45, 2.75) is 35.6 Å². The molecule has 1 aliphatic carbocycles. The van der Waals surface area contributed by atoms with E-state index in [4.69, 9.17) is 10.7 Å². The molecule has 34 heavy (non-hydrogen) atoms. The quantitative estimate of drug-likeness (QED) is 0.371. The lowest BCUT2D eigenvalue weighted by Gasteiger charge is -2.23. The maximum Gasteiger partial charge on any atom is 0.412 e. The largest absolute Gasteiger partial charge is 0.453 e. The summed E-state index contributed by atoms with van der Waals surface area (Å²) in [6.07, 6.45) is 7.52. The number of nitrogens with zero attached hydrogens (tertiary/aromatic N) is 4. The lowest BCUT2D eigenvalue weighted by Crippen LogP contribution is -2.23. The lowest BCUT2D eigenvalue weighted by molar-refractivity contribution is 0.174. The molecule has 3 aromatic rings. The van der Waals surface area contributed by atoms with Crippen LogP contribution in [-0.4, -0.2) is 44.1 Å². The average molecular weight is 499 g/mol. The van der Waals surface area contributed by atoms with E-state index < -0.39 is 16.9 Å². The number of amides is 1. The fraction of sp³-hybridized carbons (Fsp3) is 0.304. The van der Waals surface area contributed by atoms with Gasteiger partial charge in [0, 0.05) is 29.4 Å². The second kappa shape index (κ2) is 9.90. The zero-order valence-corrected chi connectivity index (χ0v) is 20.8. The molecule has 9 nitrogen and oxygen atoms in total. The highest BCUT2D eigenvalue weighted by Gasteiger charge is 2.29. The standard InChI is InChI=1S/C23H26N6O3S2/c1-13(8-9-18(25-2)28-23(30)32-4)16-12-15(17-10-11-26-29(17)3)19-20(24)22(33-21(19)27-16)34(31)14-6-5-7-14/h8-12,14H,2,5-7,24H2,1,3-4H3,(H,28,30)/b13-8+,18-9+. The molecule has 1 fully saturated rings. The predicted octanol–water partition coefficient (Wildman–Crippen LogP) is 4.24. The highest BCUT2D eigenvalue weighted by molar-refractivity contribution is 7.88. The van der Waals surface area contributed by atoms with Crippen LogP contribution in [0.15, 0.2) is 45.5 Å². The number of anilines is 1. The van der Waals surface area contributed by atoms with Crippen LogP contribution in [0.3, 0.4) is 0 Å². The van der Waals surface area contributed by atoms with Crippen molar-refractivity contribution in [1.82, 2.24) is 20.1 Å². The van der Waals surface area contributed by atoms with Gasteiger partial charge in [0.05, 0.1) is 35.0 Å². The number of aliphatic imine (C=N–C) groups is 1. The molecule has 178 valence electrons. The fourth-order valence-corrected chi connectivity index (χ4v) is 6.82. The second-order valence-corrected chi connectivity index (χ2v) is 10.8. The molecule has 0 spiro atoms. The van der Waals surface area contributed by atoms with Gasteiger partial charge < -0.3 is 10.5 Å². The van der Waals surface area contributed by atoms with Crippen molar-refractivity contribution in [3.8, 4) is 11.3 Å². The van der Waals surface area contributed by atoms with Gasteiger partial charge in [-0.15, -0.1) is 11.3 Å². The van der Waals surface area contributed by atoms with Crippen LogP contribution in [-0.2, 0) is 22.6 Å². The SMILES string of the molecule is C=N/C(=C\C=C(/C)c1cc(-c2ccnn2C)c2c(N)c(S(=O)C3CCC3)sc2n1)NC(=O)OC. The maximum absolute atomic E-state index is 13.1. The van der Waals surface area contributed by atoms with Gasteiger partial charge >= 0.3 is 6.09 Å². The van der Waals surface area contributed by atoms with Crippen LogP contribution in [0.2, 0.25) is 0 Å². The first-order chi connectivity index (χ1) is 16.3. The Hall–Kier alpha value is -3.31.